The third-order valence-corrected chi connectivity index (χ3v) is 9.39. The molecule has 0 atom stereocenters. The van der Waals surface area contributed by atoms with E-state index in [1.54, 1.807) is 54.6 Å². The molecule has 0 heterocycles. The zero-order valence-electron chi connectivity index (χ0n) is 29.4. The van der Waals surface area contributed by atoms with Crippen LogP contribution >= 0.6 is 0 Å². The lowest BCUT2D eigenvalue weighted by molar-refractivity contribution is 0.627. The van der Waals surface area contributed by atoms with Crippen molar-refractivity contribution < 1.29 is 13.2 Å². The van der Waals surface area contributed by atoms with Crippen LogP contribution in [0.2, 0.25) is 0 Å². The van der Waals surface area contributed by atoms with Crippen LogP contribution in [0.5, 0.6) is 0 Å². The highest BCUT2D eigenvalue weighted by molar-refractivity contribution is 5.86. The molecule has 0 saturated carbocycles. The van der Waals surface area contributed by atoms with Crippen LogP contribution in [-0.4, -0.2) is 0 Å². The SMILES string of the molecule is [C-]#[N+]c1cc(C#N)c(F)c(-c2cccc(-c3cc(-c4cccc(-c5cc(C#N)cc(C#N)c5F)c4)cc(-c4cccc(-c5cc(C#N)cc([N+]#[C-])c5F)c4)c3)c2)c1. The largest absolute Gasteiger partial charge is 0.238 e. The molecule has 0 unspecified atom stereocenters. The third-order valence-electron chi connectivity index (χ3n) is 9.39. The normalized spacial score (nSPS) is 10.3. The summed E-state index contributed by atoms with van der Waals surface area (Å²) in [6, 6.07) is 41.9. The summed E-state index contributed by atoms with van der Waals surface area (Å²) in [7, 11) is 0. The second kappa shape index (κ2) is 15.3. The van der Waals surface area contributed by atoms with Gasteiger partial charge in [-0.25, -0.2) is 22.9 Å². The molecule has 0 radical (unpaired) electrons. The zero-order chi connectivity index (χ0) is 40.2. The molecule has 0 aromatic heterocycles. The molecular weight excluding hydrogens is 718 g/mol. The van der Waals surface area contributed by atoms with Crippen molar-refractivity contribution in [3.05, 3.63) is 190 Å². The molecule has 0 spiro atoms. The summed E-state index contributed by atoms with van der Waals surface area (Å²) in [5, 5.41) is 38.2. The summed E-state index contributed by atoms with van der Waals surface area (Å²) in [5.74, 6) is -2.28. The molecule has 0 N–H and O–H groups in total. The average molecular weight is 739 g/mol. The van der Waals surface area contributed by atoms with E-state index < -0.39 is 17.5 Å². The molecule has 0 saturated heterocycles. The number of benzene rings is 7. The Labute approximate surface area is 325 Å². The Balaban J connectivity index is 1.44. The van der Waals surface area contributed by atoms with Gasteiger partial charge in [0.1, 0.15) is 29.6 Å². The van der Waals surface area contributed by atoms with Crippen molar-refractivity contribution >= 4 is 11.4 Å². The van der Waals surface area contributed by atoms with E-state index in [0.717, 1.165) is 0 Å². The van der Waals surface area contributed by atoms with E-state index in [4.69, 9.17) is 13.1 Å². The third kappa shape index (κ3) is 7.04. The van der Waals surface area contributed by atoms with E-state index in [1.165, 1.54) is 36.4 Å². The first-order valence-corrected chi connectivity index (χ1v) is 17.0. The maximum Gasteiger partial charge on any atom is 0.224 e. The summed E-state index contributed by atoms with van der Waals surface area (Å²) in [4.78, 5) is 6.67. The van der Waals surface area contributed by atoms with Crippen LogP contribution in [0.4, 0.5) is 24.5 Å². The lowest BCUT2D eigenvalue weighted by atomic mass is 9.90. The van der Waals surface area contributed by atoms with Gasteiger partial charge in [0.05, 0.1) is 42.0 Å². The summed E-state index contributed by atoms with van der Waals surface area (Å²) in [6.07, 6.45) is 0. The van der Waals surface area contributed by atoms with E-state index in [2.05, 4.69) is 9.69 Å². The second-order valence-electron chi connectivity index (χ2n) is 12.8. The number of nitriles is 4. The van der Waals surface area contributed by atoms with Gasteiger partial charge >= 0.3 is 0 Å². The van der Waals surface area contributed by atoms with Crippen LogP contribution in [0.1, 0.15) is 22.3 Å². The molecule has 0 aliphatic carbocycles. The lowest BCUT2D eigenvalue weighted by Gasteiger charge is -2.15. The quantitative estimate of drug-likeness (QED) is 0.158. The van der Waals surface area contributed by atoms with Crippen LogP contribution in [0.3, 0.4) is 0 Å². The fourth-order valence-electron chi connectivity index (χ4n) is 6.64. The smallest absolute Gasteiger partial charge is 0.224 e. The van der Waals surface area contributed by atoms with Crippen LogP contribution in [-0.2, 0) is 0 Å². The molecule has 0 fully saturated rings. The molecule has 57 heavy (non-hydrogen) atoms. The van der Waals surface area contributed by atoms with Gasteiger partial charge in [-0.3, -0.25) is 0 Å². The minimum absolute atomic E-state index is 0.0741. The highest BCUT2D eigenvalue weighted by Gasteiger charge is 2.18. The maximum absolute atomic E-state index is 15.5. The summed E-state index contributed by atoms with van der Waals surface area (Å²) in [5.41, 5.74) is 5.00. The minimum Gasteiger partial charge on any atom is -0.238 e. The average Bonchev–Trinajstić information content (AvgIpc) is 3.26. The van der Waals surface area contributed by atoms with Crippen LogP contribution in [0.25, 0.3) is 76.5 Å². The highest BCUT2D eigenvalue weighted by Crippen LogP contribution is 2.39. The zero-order valence-corrected chi connectivity index (χ0v) is 29.4. The van der Waals surface area contributed by atoms with E-state index in [0.29, 0.717) is 50.1 Å². The predicted octanol–water partition coefficient (Wildman–Crippen LogP) is 12.7. The Morgan fingerprint density at radius 3 is 1.19 bits per heavy atom. The van der Waals surface area contributed by atoms with Gasteiger partial charge < -0.3 is 0 Å². The van der Waals surface area contributed by atoms with Gasteiger partial charge in [0.15, 0.2) is 5.69 Å². The van der Waals surface area contributed by atoms with Crippen molar-refractivity contribution in [3.8, 4) is 91.0 Å². The predicted molar refractivity (Wildman–Crippen MR) is 210 cm³/mol. The maximum atomic E-state index is 15.5. The number of hydrogen-bond acceptors (Lipinski definition) is 4. The number of halogens is 3. The van der Waals surface area contributed by atoms with Gasteiger partial charge in [0.25, 0.3) is 0 Å². The molecule has 6 nitrogen and oxygen atoms in total. The summed E-state index contributed by atoms with van der Waals surface area (Å²) < 4.78 is 46.6. The molecule has 0 amide bonds. The molecule has 7 rings (SSSR count). The second-order valence-corrected chi connectivity index (χ2v) is 12.8. The molecule has 264 valence electrons. The van der Waals surface area contributed by atoms with Gasteiger partial charge in [-0.15, -0.1) is 0 Å². The monoisotopic (exact) mass is 738 g/mol. The number of nitrogens with zero attached hydrogens (tertiary/aromatic N) is 6. The summed E-state index contributed by atoms with van der Waals surface area (Å²) >= 11 is 0. The van der Waals surface area contributed by atoms with Crippen LogP contribution in [0.15, 0.2) is 127 Å². The number of hydrogen-bond donors (Lipinski definition) is 0. The molecule has 0 aliphatic heterocycles. The van der Waals surface area contributed by atoms with E-state index in [1.807, 2.05) is 60.7 Å². The van der Waals surface area contributed by atoms with E-state index >= 15 is 13.2 Å². The standard InChI is InChI=1S/C48H21F3N6/c1-56-41-22-40(27-55)47(50)44(23-41)35-11-5-8-32(18-35)38-20-36(30-6-3-9-33(16-30)42-13-28(24-52)12-39(26-54)46(42)49)19-37(21-38)31-7-4-10-34(17-31)43-14-29(25-53)15-45(57-2)48(43)51/h3-23H. The Morgan fingerprint density at radius 1 is 0.386 bits per heavy atom. The molecule has 7 aromatic rings. The van der Waals surface area contributed by atoms with Crippen molar-refractivity contribution in [1.82, 2.24) is 0 Å². The lowest BCUT2D eigenvalue weighted by Crippen LogP contribution is -1.93. The highest BCUT2D eigenvalue weighted by atomic mass is 19.1. The number of rotatable bonds is 6. The summed E-state index contributed by atoms with van der Waals surface area (Å²) in [6.45, 7) is 14.9. The van der Waals surface area contributed by atoms with Gasteiger partial charge in [0, 0.05) is 22.3 Å². The Bertz CT molecular complexity index is 2750. The Hall–Kier alpha value is -8.73. The molecule has 7 aromatic carbocycles. The topological polar surface area (TPSA) is 104 Å². The van der Waals surface area contributed by atoms with Gasteiger partial charge in [-0.1, -0.05) is 54.6 Å². The first kappa shape index (κ1) is 36.6. The first-order chi connectivity index (χ1) is 27.7. The van der Waals surface area contributed by atoms with Crippen LogP contribution < -0.4 is 0 Å². The minimum atomic E-state index is -0.764. The van der Waals surface area contributed by atoms with Crippen molar-refractivity contribution in [3.63, 3.8) is 0 Å². The fourth-order valence-corrected chi connectivity index (χ4v) is 6.64. The van der Waals surface area contributed by atoms with E-state index in [9.17, 15) is 21.0 Å². The van der Waals surface area contributed by atoms with E-state index in [-0.39, 0.29) is 50.3 Å². The first-order valence-electron chi connectivity index (χ1n) is 17.0. The Kier molecular flexibility index (Phi) is 9.84. The Morgan fingerprint density at radius 2 is 0.772 bits per heavy atom. The molecule has 0 aliphatic rings. The van der Waals surface area contributed by atoms with Crippen molar-refractivity contribution in [2.45, 2.75) is 0 Å². The van der Waals surface area contributed by atoms with Crippen molar-refractivity contribution in [1.29, 1.82) is 21.0 Å². The van der Waals surface area contributed by atoms with Gasteiger partial charge in [-0.05, 0) is 123 Å². The molecule has 9 heteroatoms. The van der Waals surface area contributed by atoms with Gasteiger partial charge in [-0.2, -0.15) is 21.0 Å². The fraction of sp³-hybridized carbons (Fsp3) is 0. The molecular formula is C48H21F3N6. The van der Waals surface area contributed by atoms with Crippen LogP contribution in [0, 0.1) is 75.9 Å². The van der Waals surface area contributed by atoms with Crippen molar-refractivity contribution in [2.24, 2.45) is 0 Å². The van der Waals surface area contributed by atoms with Gasteiger partial charge in [0.2, 0.25) is 5.69 Å². The molecule has 0 bridgehead atoms. The van der Waals surface area contributed by atoms with Crippen molar-refractivity contribution in [2.75, 3.05) is 0 Å².